The number of hydrogen-bond acceptors (Lipinski definition) is 6. The second-order valence-electron chi connectivity index (χ2n) is 6.58. The first-order valence-electron chi connectivity index (χ1n) is 9.19. The number of ether oxygens (including phenoxy) is 1. The van der Waals surface area contributed by atoms with E-state index in [4.69, 9.17) is 16.3 Å². The van der Waals surface area contributed by atoms with Gasteiger partial charge in [-0.3, -0.25) is 9.52 Å². The minimum Gasteiger partial charge on any atom is -0.452 e. The Kier molecular flexibility index (Phi) is 7.15. The number of sulfonamides is 1. The van der Waals surface area contributed by atoms with Crippen LogP contribution in [0.4, 0.5) is 5.69 Å². The summed E-state index contributed by atoms with van der Waals surface area (Å²) in [7, 11) is -3.90. The van der Waals surface area contributed by atoms with Crippen molar-refractivity contribution < 1.29 is 22.7 Å². The van der Waals surface area contributed by atoms with Gasteiger partial charge in [0.2, 0.25) is 0 Å². The molecule has 0 spiro atoms. The molecule has 29 heavy (non-hydrogen) atoms. The van der Waals surface area contributed by atoms with Gasteiger partial charge in [-0.1, -0.05) is 36.6 Å². The van der Waals surface area contributed by atoms with Crippen LogP contribution >= 0.6 is 22.9 Å². The predicted octanol–water partition coefficient (Wildman–Crippen LogP) is 3.76. The number of esters is 1. The van der Waals surface area contributed by atoms with Crippen molar-refractivity contribution in [3.8, 4) is 0 Å². The van der Waals surface area contributed by atoms with Crippen LogP contribution in [-0.4, -0.2) is 44.9 Å². The van der Waals surface area contributed by atoms with Crippen LogP contribution in [0.1, 0.15) is 36.0 Å². The molecule has 1 fully saturated rings. The fourth-order valence-corrected chi connectivity index (χ4v) is 5.57. The van der Waals surface area contributed by atoms with Crippen LogP contribution in [0.3, 0.4) is 0 Å². The van der Waals surface area contributed by atoms with Gasteiger partial charge in [0.25, 0.3) is 15.9 Å². The number of amides is 1. The highest BCUT2D eigenvalue weighted by atomic mass is 35.5. The minimum atomic E-state index is -3.90. The predicted molar refractivity (Wildman–Crippen MR) is 112 cm³/mol. The number of benzene rings is 1. The Hall–Kier alpha value is -2.10. The molecule has 1 aliphatic rings. The average molecular weight is 457 g/mol. The molecule has 3 rings (SSSR count). The molecule has 0 radical (unpaired) electrons. The summed E-state index contributed by atoms with van der Waals surface area (Å²) in [5.41, 5.74) is 0.103. The topological polar surface area (TPSA) is 92.8 Å². The van der Waals surface area contributed by atoms with Gasteiger partial charge in [0.15, 0.2) is 6.61 Å². The molecular formula is C19H21ClN2O5S2. The minimum absolute atomic E-state index is 0.0296. The summed E-state index contributed by atoms with van der Waals surface area (Å²) in [5, 5.41) is 0. The van der Waals surface area contributed by atoms with Gasteiger partial charge in [0, 0.05) is 13.1 Å². The number of para-hydroxylation sites is 1. The number of thiophene rings is 1. The Morgan fingerprint density at radius 3 is 2.41 bits per heavy atom. The summed E-state index contributed by atoms with van der Waals surface area (Å²) in [5.74, 6) is -1.01. The SMILES string of the molecule is O=C(OCC(=O)N1CCCCCC1)c1ccccc1NS(=O)(=O)c1ccc(Cl)s1. The first-order chi connectivity index (χ1) is 13.9. The van der Waals surface area contributed by atoms with Crippen molar-refractivity contribution in [3.05, 3.63) is 46.3 Å². The number of nitrogens with one attached hydrogen (secondary N) is 1. The Labute approximate surface area is 178 Å². The fourth-order valence-electron chi connectivity index (χ4n) is 3.00. The zero-order valence-electron chi connectivity index (χ0n) is 15.6. The Morgan fingerprint density at radius 1 is 1.07 bits per heavy atom. The number of carbonyl (C=O) groups is 2. The summed E-state index contributed by atoms with van der Waals surface area (Å²) < 4.78 is 33.0. The van der Waals surface area contributed by atoms with Gasteiger partial charge in [0.05, 0.1) is 15.6 Å². The van der Waals surface area contributed by atoms with E-state index in [-0.39, 0.29) is 28.0 Å². The molecule has 1 aromatic carbocycles. The number of carbonyl (C=O) groups excluding carboxylic acids is 2. The van der Waals surface area contributed by atoms with Crippen molar-refractivity contribution in [1.29, 1.82) is 0 Å². The first kappa shape index (κ1) is 21.6. The van der Waals surface area contributed by atoms with Gasteiger partial charge in [-0.15, -0.1) is 11.3 Å². The second kappa shape index (κ2) is 9.60. The third kappa shape index (κ3) is 5.71. The van der Waals surface area contributed by atoms with Gasteiger partial charge < -0.3 is 9.64 Å². The lowest BCUT2D eigenvalue weighted by Crippen LogP contribution is -2.35. The van der Waals surface area contributed by atoms with Crippen molar-refractivity contribution >= 4 is 50.5 Å². The summed E-state index contributed by atoms with van der Waals surface area (Å²) >= 11 is 6.72. The van der Waals surface area contributed by atoms with Crippen LogP contribution < -0.4 is 4.72 Å². The van der Waals surface area contributed by atoms with E-state index < -0.39 is 16.0 Å². The maximum atomic E-state index is 12.5. The lowest BCUT2D eigenvalue weighted by Gasteiger charge is -2.20. The van der Waals surface area contributed by atoms with E-state index in [1.165, 1.54) is 24.3 Å². The van der Waals surface area contributed by atoms with E-state index in [1.807, 2.05) is 0 Å². The van der Waals surface area contributed by atoms with Crippen molar-refractivity contribution in [2.45, 2.75) is 29.9 Å². The Balaban J connectivity index is 1.68. The normalized spacial score (nSPS) is 14.9. The van der Waals surface area contributed by atoms with Crippen molar-refractivity contribution in [3.63, 3.8) is 0 Å². The van der Waals surface area contributed by atoms with E-state index in [1.54, 1.807) is 17.0 Å². The molecule has 0 saturated carbocycles. The summed E-state index contributed by atoms with van der Waals surface area (Å²) in [6.45, 7) is 0.951. The molecule has 156 valence electrons. The average Bonchev–Trinajstić information content (AvgIpc) is 2.97. The number of nitrogens with zero attached hydrogens (tertiary/aromatic N) is 1. The molecule has 1 amide bonds. The van der Waals surface area contributed by atoms with E-state index >= 15 is 0 Å². The quantitative estimate of drug-likeness (QED) is 0.668. The monoisotopic (exact) mass is 456 g/mol. The fraction of sp³-hybridized carbons (Fsp3) is 0.368. The van der Waals surface area contributed by atoms with Crippen LogP contribution in [0.2, 0.25) is 4.34 Å². The number of anilines is 1. The van der Waals surface area contributed by atoms with Crippen molar-refractivity contribution in [1.82, 2.24) is 4.90 Å². The molecule has 1 aliphatic heterocycles. The largest absolute Gasteiger partial charge is 0.452 e. The van der Waals surface area contributed by atoms with E-state index in [2.05, 4.69) is 4.72 Å². The van der Waals surface area contributed by atoms with E-state index in [0.717, 1.165) is 37.0 Å². The maximum absolute atomic E-state index is 12.5. The van der Waals surface area contributed by atoms with Gasteiger partial charge in [0.1, 0.15) is 4.21 Å². The molecule has 7 nitrogen and oxygen atoms in total. The molecule has 0 aliphatic carbocycles. The molecule has 2 aromatic rings. The zero-order chi connectivity index (χ0) is 20.9. The van der Waals surface area contributed by atoms with Crippen LogP contribution in [0.5, 0.6) is 0 Å². The summed E-state index contributed by atoms with van der Waals surface area (Å²) in [6, 6.07) is 8.95. The smallest absolute Gasteiger partial charge is 0.340 e. The van der Waals surface area contributed by atoms with Crippen LogP contribution in [0, 0.1) is 0 Å². The Morgan fingerprint density at radius 2 is 1.76 bits per heavy atom. The van der Waals surface area contributed by atoms with E-state index in [0.29, 0.717) is 17.4 Å². The van der Waals surface area contributed by atoms with Gasteiger partial charge in [-0.2, -0.15) is 0 Å². The van der Waals surface area contributed by atoms with Gasteiger partial charge >= 0.3 is 5.97 Å². The maximum Gasteiger partial charge on any atom is 0.340 e. The molecule has 1 aromatic heterocycles. The number of halogens is 1. The molecule has 10 heteroatoms. The molecule has 2 heterocycles. The zero-order valence-corrected chi connectivity index (χ0v) is 18.0. The number of hydrogen-bond donors (Lipinski definition) is 1. The molecule has 1 saturated heterocycles. The number of likely N-dealkylation sites (tertiary alicyclic amines) is 1. The highest BCUT2D eigenvalue weighted by molar-refractivity contribution is 7.94. The van der Waals surface area contributed by atoms with Gasteiger partial charge in [-0.05, 0) is 37.1 Å². The summed E-state index contributed by atoms with van der Waals surface area (Å²) in [4.78, 5) is 26.5. The third-order valence-electron chi connectivity index (χ3n) is 4.49. The van der Waals surface area contributed by atoms with Crippen LogP contribution in [0.15, 0.2) is 40.6 Å². The lowest BCUT2D eigenvalue weighted by atomic mass is 10.2. The molecular weight excluding hydrogens is 436 g/mol. The second-order valence-corrected chi connectivity index (χ2v) is 10.2. The van der Waals surface area contributed by atoms with E-state index in [9.17, 15) is 18.0 Å². The third-order valence-corrected chi connectivity index (χ3v) is 7.58. The number of rotatable bonds is 6. The van der Waals surface area contributed by atoms with Crippen molar-refractivity contribution in [2.24, 2.45) is 0 Å². The molecule has 0 unspecified atom stereocenters. The van der Waals surface area contributed by atoms with Crippen molar-refractivity contribution in [2.75, 3.05) is 24.4 Å². The first-order valence-corrected chi connectivity index (χ1v) is 11.9. The highest BCUT2D eigenvalue weighted by Gasteiger charge is 2.22. The molecule has 0 atom stereocenters. The lowest BCUT2D eigenvalue weighted by molar-refractivity contribution is -0.134. The highest BCUT2D eigenvalue weighted by Crippen LogP contribution is 2.28. The molecule has 1 N–H and O–H groups in total. The van der Waals surface area contributed by atoms with Gasteiger partial charge in [-0.25, -0.2) is 13.2 Å². The standard InChI is InChI=1S/C19H21ClN2O5S2/c20-16-9-10-18(28-16)29(25,26)21-15-8-4-3-7-14(15)19(24)27-13-17(23)22-11-5-1-2-6-12-22/h3-4,7-10,21H,1-2,5-6,11-13H2. The summed E-state index contributed by atoms with van der Waals surface area (Å²) in [6.07, 6.45) is 4.06. The van der Waals surface area contributed by atoms with Crippen LogP contribution in [0.25, 0.3) is 0 Å². The van der Waals surface area contributed by atoms with Crippen LogP contribution in [-0.2, 0) is 19.6 Å². The Bertz CT molecular complexity index is 982. The molecule has 0 bridgehead atoms.